The molecule has 0 saturated carbocycles. The highest BCUT2D eigenvalue weighted by atomic mass is 16.5. The quantitative estimate of drug-likeness (QED) is 0.581. The van der Waals surface area contributed by atoms with Gasteiger partial charge >= 0.3 is 0 Å². The third kappa shape index (κ3) is 4.90. The molecule has 2 heterocycles. The smallest absolute Gasteiger partial charge is 0.242 e. The minimum atomic E-state index is 0.118. The summed E-state index contributed by atoms with van der Waals surface area (Å²) in [6, 6.07) is 18.5. The molecule has 0 bridgehead atoms. The first kappa shape index (κ1) is 21.4. The summed E-state index contributed by atoms with van der Waals surface area (Å²) >= 11 is 0. The van der Waals surface area contributed by atoms with Crippen LogP contribution in [0.3, 0.4) is 0 Å². The predicted octanol–water partition coefficient (Wildman–Crippen LogP) is 3.95. The summed E-state index contributed by atoms with van der Waals surface area (Å²) < 4.78 is 7.94. The van der Waals surface area contributed by atoms with Gasteiger partial charge < -0.3 is 19.1 Å². The van der Waals surface area contributed by atoms with Crippen LogP contribution in [0.25, 0.3) is 11.0 Å². The zero-order chi connectivity index (χ0) is 21.8. The number of para-hydroxylation sites is 3. The molecule has 0 unspecified atom stereocenters. The number of carbonyl (C=O) groups is 1. The lowest BCUT2D eigenvalue weighted by molar-refractivity contribution is -0.133. The van der Waals surface area contributed by atoms with Gasteiger partial charge in [-0.3, -0.25) is 4.79 Å². The van der Waals surface area contributed by atoms with Gasteiger partial charge in [-0.2, -0.15) is 0 Å². The van der Waals surface area contributed by atoms with Crippen LogP contribution in [0.1, 0.15) is 32.5 Å². The lowest BCUT2D eigenvalue weighted by Gasteiger charge is -2.38. The fourth-order valence-electron chi connectivity index (χ4n) is 4.32. The molecule has 1 fully saturated rings. The first-order valence-corrected chi connectivity index (χ1v) is 11.1. The number of fused-ring (bicyclic) bond motifs is 1. The molecule has 3 aromatic rings. The van der Waals surface area contributed by atoms with Crippen molar-refractivity contribution in [2.45, 2.75) is 51.9 Å². The van der Waals surface area contributed by atoms with Gasteiger partial charge in [0.1, 0.15) is 24.7 Å². The summed E-state index contributed by atoms with van der Waals surface area (Å²) in [5, 5.41) is 0. The van der Waals surface area contributed by atoms with E-state index in [2.05, 4.69) is 18.7 Å². The molecule has 0 atom stereocenters. The Bertz CT molecular complexity index is 1010. The van der Waals surface area contributed by atoms with E-state index in [4.69, 9.17) is 9.72 Å². The number of hydrogen-bond donors (Lipinski definition) is 0. The van der Waals surface area contributed by atoms with Gasteiger partial charge in [0.05, 0.1) is 11.0 Å². The van der Waals surface area contributed by atoms with Crippen molar-refractivity contribution in [1.29, 1.82) is 0 Å². The number of imidazole rings is 1. The molecule has 1 aliphatic rings. The monoisotopic (exact) mass is 420 g/mol. The lowest BCUT2D eigenvalue weighted by atomic mass is 10.0. The van der Waals surface area contributed by atoms with E-state index in [0.717, 1.165) is 48.5 Å². The van der Waals surface area contributed by atoms with Crippen LogP contribution < -0.4 is 4.74 Å². The molecule has 31 heavy (non-hydrogen) atoms. The molecule has 1 amide bonds. The number of piperidine rings is 1. The van der Waals surface area contributed by atoms with Gasteiger partial charge in [-0.25, -0.2) is 4.98 Å². The van der Waals surface area contributed by atoms with E-state index in [1.54, 1.807) is 0 Å². The third-order valence-electron chi connectivity index (χ3n) is 6.31. The van der Waals surface area contributed by atoms with Crippen LogP contribution >= 0.6 is 0 Å². The molecule has 6 nitrogen and oxygen atoms in total. The molecule has 0 spiro atoms. The molecule has 4 rings (SSSR count). The van der Waals surface area contributed by atoms with Crippen LogP contribution in [-0.4, -0.2) is 57.5 Å². The Morgan fingerprint density at radius 3 is 2.48 bits per heavy atom. The molecule has 164 valence electrons. The van der Waals surface area contributed by atoms with E-state index in [1.165, 1.54) is 0 Å². The Morgan fingerprint density at radius 1 is 1.10 bits per heavy atom. The van der Waals surface area contributed by atoms with Crippen molar-refractivity contribution in [2.75, 3.05) is 20.1 Å². The maximum atomic E-state index is 13.2. The minimum absolute atomic E-state index is 0.118. The number of aromatic nitrogens is 2. The molecular weight excluding hydrogens is 388 g/mol. The largest absolute Gasteiger partial charge is 0.486 e. The Kier molecular flexibility index (Phi) is 6.56. The first-order valence-electron chi connectivity index (χ1n) is 11.1. The van der Waals surface area contributed by atoms with Crippen molar-refractivity contribution in [3.05, 3.63) is 60.4 Å². The Labute approximate surface area is 184 Å². The summed E-state index contributed by atoms with van der Waals surface area (Å²) in [4.78, 5) is 22.4. The maximum Gasteiger partial charge on any atom is 0.242 e. The number of carbonyl (C=O) groups excluding carboxylic acids is 1. The second kappa shape index (κ2) is 9.52. The van der Waals surface area contributed by atoms with Crippen molar-refractivity contribution in [1.82, 2.24) is 19.4 Å². The topological polar surface area (TPSA) is 50.6 Å². The number of likely N-dealkylation sites (N-methyl/N-ethyl adjacent to an activating group) is 1. The van der Waals surface area contributed by atoms with E-state index < -0.39 is 0 Å². The zero-order valence-corrected chi connectivity index (χ0v) is 18.7. The van der Waals surface area contributed by atoms with Gasteiger partial charge in [-0.1, -0.05) is 30.3 Å². The Balaban J connectivity index is 1.48. The number of likely N-dealkylation sites (tertiary alicyclic amines) is 1. The SMILES string of the molecule is CC(C)N1CCC(N(C)C(=O)Cn2c(COc3ccccc3)nc3ccccc32)CC1. The first-order chi connectivity index (χ1) is 15.0. The normalized spacial score (nSPS) is 15.5. The van der Waals surface area contributed by atoms with E-state index in [9.17, 15) is 4.79 Å². The van der Waals surface area contributed by atoms with Crippen molar-refractivity contribution >= 4 is 16.9 Å². The van der Waals surface area contributed by atoms with E-state index in [1.807, 2.05) is 71.1 Å². The van der Waals surface area contributed by atoms with Crippen LogP contribution in [0.4, 0.5) is 0 Å². The van der Waals surface area contributed by atoms with Crippen LogP contribution in [0.2, 0.25) is 0 Å². The van der Waals surface area contributed by atoms with Crippen molar-refractivity contribution in [3.8, 4) is 5.75 Å². The van der Waals surface area contributed by atoms with Crippen LogP contribution in [0, 0.1) is 0 Å². The highest BCUT2D eigenvalue weighted by Crippen LogP contribution is 2.21. The van der Waals surface area contributed by atoms with Crippen molar-refractivity contribution < 1.29 is 9.53 Å². The number of ether oxygens (including phenoxy) is 1. The number of amides is 1. The average molecular weight is 421 g/mol. The van der Waals surface area contributed by atoms with Crippen LogP contribution in [0.5, 0.6) is 5.75 Å². The zero-order valence-electron chi connectivity index (χ0n) is 18.7. The molecule has 1 saturated heterocycles. The van der Waals surface area contributed by atoms with E-state index in [-0.39, 0.29) is 12.5 Å². The van der Waals surface area contributed by atoms with Crippen molar-refractivity contribution in [3.63, 3.8) is 0 Å². The van der Waals surface area contributed by atoms with E-state index in [0.29, 0.717) is 18.7 Å². The van der Waals surface area contributed by atoms with Gasteiger partial charge in [0, 0.05) is 32.2 Å². The molecular formula is C25H32N4O2. The number of hydrogen-bond acceptors (Lipinski definition) is 4. The molecule has 1 aliphatic heterocycles. The molecule has 0 N–H and O–H groups in total. The van der Waals surface area contributed by atoms with Gasteiger partial charge in [0.15, 0.2) is 0 Å². The summed E-state index contributed by atoms with van der Waals surface area (Å²) in [6.07, 6.45) is 2.05. The fraction of sp³-hybridized carbons (Fsp3) is 0.440. The van der Waals surface area contributed by atoms with Crippen LogP contribution in [-0.2, 0) is 17.9 Å². The molecule has 1 aromatic heterocycles. The summed E-state index contributed by atoms with van der Waals surface area (Å²) in [5.74, 6) is 1.68. The third-order valence-corrected chi connectivity index (χ3v) is 6.31. The molecule has 0 radical (unpaired) electrons. The van der Waals surface area contributed by atoms with Gasteiger partial charge in [-0.15, -0.1) is 0 Å². The summed E-state index contributed by atoms with van der Waals surface area (Å²) in [5.41, 5.74) is 1.85. The lowest BCUT2D eigenvalue weighted by Crippen LogP contribution is -2.48. The fourth-order valence-corrected chi connectivity index (χ4v) is 4.32. The van der Waals surface area contributed by atoms with E-state index >= 15 is 0 Å². The Morgan fingerprint density at radius 2 is 1.77 bits per heavy atom. The molecule has 2 aromatic carbocycles. The maximum absolute atomic E-state index is 13.2. The molecule has 0 aliphatic carbocycles. The second-order valence-electron chi connectivity index (χ2n) is 8.57. The summed E-state index contributed by atoms with van der Waals surface area (Å²) in [6.45, 7) is 7.16. The predicted molar refractivity (Wildman–Crippen MR) is 123 cm³/mol. The Hall–Kier alpha value is -2.86. The highest BCUT2D eigenvalue weighted by molar-refractivity contribution is 5.81. The highest BCUT2D eigenvalue weighted by Gasteiger charge is 2.27. The second-order valence-corrected chi connectivity index (χ2v) is 8.57. The van der Waals surface area contributed by atoms with Crippen molar-refractivity contribution in [2.24, 2.45) is 0 Å². The number of benzene rings is 2. The standard InChI is InChI=1S/C25H32N4O2/c1-19(2)28-15-13-20(14-16-28)27(3)25(30)17-29-23-12-8-7-11-22(23)26-24(29)18-31-21-9-5-4-6-10-21/h4-12,19-20H,13-18H2,1-3H3. The van der Waals surface area contributed by atoms with Gasteiger partial charge in [0.2, 0.25) is 5.91 Å². The number of rotatable bonds is 7. The molecule has 6 heteroatoms. The summed E-state index contributed by atoms with van der Waals surface area (Å²) in [7, 11) is 1.94. The van der Waals surface area contributed by atoms with Gasteiger partial charge in [0.25, 0.3) is 0 Å². The van der Waals surface area contributed by atoms with Gasteiger partial charge in [-0.05, 0) is 51.0 Å². The average Bonchev–Trinajstić information content (AvgIpc) is 3.15. The van der Waals surface area contributed by atoms with Crippen LogP contribution in [0.15, 0.2) is 54.6 Å². The minimum Gasteiger partial charge on any atom is -0.486 e. The number of nitrogens with zero attached hydrogens (tertiary/aromatic N) is 4.